The van der Waals surface area contributed by atoms with Crippen LogP contribution in [0.5, 0.6) is 0 Å². The summed E-state index contributed by atoms with van der Waals surface area (Å²) in [5.41, 5.74) is 1.11. The first-order valence-electron chi connectivity index (χ1n) is 6.99. The van der Waals surface area contributed by atoms with Crippen LogP contribution in [0.25, 0.3) is 0 Å². The van der Waals surface area contributed by atoms with E-state index in [1.54, 1.807) is 0 Å². The molecule has 5 heteroatoms. The normalized spacial score (nSPS) is 19.5. The monoisotopic (exact) mass is 266 g/mol. The maximum absolute atomic E-state index is 12.6. The van der Waals surface area contributed by atoms with Gasteiger partial charge >= 0.3 is 0 Å². The van der Waals surface area contributed by atoms with E-state index in [1.165, 1.54) is 12.1 Å². The van der Waals surface area contributed by atoms with Crippen molar-refractivity contribution in [2.24, 2.45) is 0 Å². The summed E-state index contributed by atoms with van der Waals surface area (Å²) in [6.45, 7) is 8.59. The average Bonchev–Trinajstić information content (AvgIpc) is 2.51. The summed E-state index contributed by atoms with van der Waals surface area (Å²) >= 11 is 0. The molecule has 0 spiro atoms. The van der Waals surface area contributed by atoms with Gasteiger partial charge in [-0.15, -0.1) is 0 Å². The van der Waals surface area contributed by atoms with Gasteiger partial charge in [-0.3, -0.25) is 0 Å². The predicted molar refractivity (Wildman–Crippen MR) is 77.2 cm³/mol. The van der Waals surface area contributed by atoms with Crippen molar-refractivity contribution in [1.29, 1.82) is 0 Å². The molecule has 0 radical (unpaired) electrons. The number of nitrogens with one attached hydrogen (secondary N) is 3. The molecule has 3 N–H and O–H groups in total. The fraction of sp³-hybridized carbons (Fsp3) is 0.571. The van der Waals surface area contributed by atoms with Gasteiger partial charge in [-0.2, -0.15) is 0 Å². The fourth-order valence-corrected chi connectivity index (χ4v) is 2.18. The Morgan fingerprint density at radius 2 is 1.21 bits per heavy atom. The summed E-state index contributed by atoms with van der Waals surface area (Å²) in [6.07, 6.45) is 0. The average molecular weight is 266 g/mol. The highest BCUT2D eigenvalue weighted by atomic mass is 19.1. The Bertz CT molecular complexity index is 333. The standard InChI is InChI=1S/C10H13FN2.C4H10N2/c11-9-1-3-10(4-2-9)13-7-5-12-6-8-13;1-2-6-4-3-5-1/h1-4,12H,5-8H2;5-6H,1-4H2. The van der Waals surface area contributed by atoms with Gasteiger partial charge < -0.3 is 20.9 Å². The lowest BCUT2D eigenvalue weighted by molar-refractivity contribution is 0.534. The number of anilines is 1. The summed E-state index contributed by atoms with van der Waals surface area (Å²) in [5, 5.41) is 9.72. The second kappa shape index (κ2) is 8.09. The van der Waals surface area contributed by atoms with Gasteiger partial charge in [-0.05, 0) is 24.3 Å². The molecule has 1 aromatic rings. The number of hydrogen-bond donors (Lipinski definition) is 3. The number of nitrogens with zero attached hydrogens (tertiary/aromatic N) is 1. The zero-order valence-electron chi connectivity index (χ0n) is 11.3. The zero-order valence-corrected chi connectivity index (χ0v) is 11.3. The minimum atomic E-state index is -0.168. The van der Waals surface area contributed by atoms with E-state index in [9.17, 15) is 4.39 Å². The van der Waals surface area contributed by atoms with Crippen LogP contribution in [0, 0.1) is 5.82 Å². The maximum Gasteiger partial charge on any atom is 0.123 e. The third kappa shape index (κ3) is 5.14. The summed E-state index contributed by atoms with van der Waals surface area (Å²) in [4.78, 5) is 2.26. The van der Waals surface area contributed by atoms with E-state index in [1.807, 2.05) is 12.1 Å². The molecule has 0 amide bonds. The summed E-state index contributed by atoms with van der Waals surface area (Å²) in [7, 11) is 0. The molecule has 0 aliphatic carbocycles. The minimum absolute atomic E-state index is 0.168. The highest BCUT2D eigenvalue weighted by Gasteiger charge is 2.09. The zero-order chi connectivity index (χ0) is 13.3. The molecule has 2 saturated heterocycles. The van der Waals surface area contributed by atoms with Gasteiger partial charge in [0.2, 0.25) is 0 Å². The van der Waals surface area contributed by atoms with Crippen LogP contribution in [-0.2, 0) is 0 Å². The molecule has 0 unspecified atom stereocenters. The van der Waals surface area contributed by atoms with Crippen molar-refractivity contribution in [2.75, 3.05) is 57.3 Å². The van der Waals surface area contributed by atoms with Crippen LogP contribution in [0.4, 0.5) is 10.1 Å². The Morgan fingerprint density at radius 3 is 1.68 bits per heavy atom. The first-order chi connectivity index (χ1) is 9.36. The fourth-order valence-electron chi connectivity index (χ4n) is 2.18. The van der Waals surface area contributed by atoms with E-state index in [0.29, 0.717) is 0 Å². The van der Waals surface area contributed by atoms with Gasteiger partial charge in [-0.1, -0.05) is 0 Å². The Labute approximate surface area is 114 Å². The summed E-state index contributed by atoms with van der Waals surface area (Å²) in [5.74, 6) is -0.168. The second-order valence-corrected chi connectivity index (χ2v) is 4.71. The molecule has 4 nitrogen and oxygen atoms in total. The van der Waals surface area contributed by atoms with Crippen molar-refractivity contribution in [2.45, 2.75) is 0 Å². The molecule has 2 aliphatic rings. The predicted octanol–water partition coefficient (Wildman–Crippen LogP) is 0.415. The molecule has 0 atom stereocenters. The van der Waals surface area contributed by atoms with Crippen molar-refractivity contribution < 1.29 is 4.39 Å². The van der Waals surface area contributed by atoms with Crippen LogP contribution in [-0.4, -0.2) is 52.4 Å². The van der Waals surface area contributed by atoms with Crippen molar-refractivity contribution in [3.8, 4) is 0 Å². The van der Waals surface area contributed by atoms with Gasteiger partial charge in [0.05, 0.1) is 0 Å². The highest BCUT2D eigenvalue weighted by Crippen LogP contribution is 2.14. The molecular formula is C14H23FN4. The SMILES string of the molecule is C1CNCCN1.Fc1ccc(N2CCNCC2)cc1. The Balaban J connectivity index is 0.000000186. The number of hydrogen-bond acceptors (Lipinski definition) is 4. The van der Waals surface area contributed by atoms with E-state index in [-0.39, 0.29) is 5.82 Å². The van der Waals surface area contributed by atoms with E-state index in [4.69, 9.17) is 0 Å². The molecule has 2 heterocycles. The van der Waals surface area contributed by atoms with E-state index in [2.05, 4.69) is 20.9 Å². The van der Waals surface area contributed by atoms with Gasteiger partial charge in [0.1, 0.15) is 5.82 Å². The molecule has 2 aliphatic heterocycles. The van der Waals surface area contributed by atoms with E-state index >= 15 is 0 Å². The molecule has 0 aromatic heterocycles. The number of piperazine rings is 2. The van der Waals surface area contributed by atoms with Crippen LogP contribution in [0.15, 0.2) is 24.3 Å². The topological polar surface area (TPSA) is 39.3 Å². The molecule has 106 valence electrons. The van der Waals surface area contributed by atoms with Crippen molar-refractivity contribution in [3.05, 3.63) is 30.1 Å². The van der Waals surface area contributed by atoms with Crippen molar-refractivity contribution >= 4 is 5.69 Å². The molecule has 2 fully saturated rings. The molecular weight excluding hydrogens is 243 g/mol. The molecule has 0 saturated carbocycles. The third-order valence-electron chi connectivity index (χ3n) is 3.27. The minimum Gasteiger partial charge on any atom is -0.369 e. The van der Waals surface area contributed by atoms with Gasteiger partial charge in [0.15, 0.2) is 0 Å². The Kier molecular flexibility index (Phi) is 6.07. The number of benzene rings is 1. The summed E-state index contributed by atoms with van der Waals surface area (Å²) in [6, 6.07) is 6.69. The lowest BCUT2D eigenvalue weighted by Gasteiger charge is -2.29. The Hall–Kier alpha value is -1.17. The van der Waals surface area contributed by atoms with Gasteiger partial charge in [0.25, 0.3) is 0 Å². The highest BCUT2D eigenvalue weighted by molar-refractivity contribution is 5.46. The van der Waals surface area contributed by atoms with Crippen LogP contribution in [0.1, 0.15) is 0 Å². The maximum atomic E-state index is 12.6. The van der Waals surface area contributed by atoms with Crippen LogP contribution < -0.4 is 20.9 Å². The lowest BCUT2D eigenvalue weighted by Crippen LogP contribution is -2.43. The van der Waals surface area contributed by atoms with Crippen molar-refractivity contribution in [1.82, 2.24) is 16.0 Å². The smallest absolute Gasteiger partial charge is 0.123 e. The van der Waals surface area contributed by atoms with Crippen molar-refractivity contribution in [3.63, 3.8) is 0 Å². The summed E-state index contributed by atoms with van der Waals surface area (Å²) < 4.78 is 12.6. The Morgan fingerprint density at radius 1 is 0.737 bits per heavy atom. The largest absolute Gasteiger partial charge is 0.369 e. The third-order valence-corrected chi connectivity index (χ3v) is 3.27. The first-order valence-corrected chi connectivity index (χ1v) is 6.99. The van der Waals surface area contributed by atoms with Crippen LogP contribution >= 0.6 is 0 Å². The quantitative estimate of drug-likeness (QED) is 0.689. The molecule has 19 heavy (non-hydrogen) atoms. The van der Waals surface area contributed by atoms with Crippen LogP contribution in [0.2, 0.25) is 0 Å². The van der Waals surface area contributed by atoms with E-state index in [0.717, 1.165) is 58.0 Å². The second-order valence-electron chi connectivity index (χ2n) is 4.71. The molecule has 1 aromatic carbocycles. The van der Waals surface area contributed by atoms with Gasteiger partial charge in [0, 0.05) is 58.0 Å². The van der Waals surface area contributed by atoms with Gasteiger partial charge in [-0.25, -0.2) is 4.39 Å². The van der Waals surface area contributed by atoms with E-state index < -0.39 is 0 Å². The first kappa shape index (κ1) is 14.2. The lowest BCUT2D eigenvalue weighted by atomic mass is 10.2. The molecule has 3 rings (SSSR count). The van der Waals surface area contributed by atoms with Crippen LogP contribution in [0.3, 0.4) is 0 Å². The number of halogens is 1. The molecule has 0 bridgehead atoms. The number of rotatable bonds is 1.